The van der Waals surface area contributed by atoms with E-state index in [4.69, 9.17) is 10.5 Å². The van der Waals surface area contributed by atoms with E-state index >= 15 is 0 Å². The number of ether oxygens (including phenoxy) is 1. The number of rotatable bonds is 2. The zero-order chi connectivity index (χ0) is 16.7. The molecular formula is C19H25FN2O2. The summed E-state index contributed by atoms with van der Waals surface area (Å²) in [5.41, 5.74) is 7.07. The van der Waals surface area contributed by atoms with Gasteiger partial charge in [0.1, 0.15) is 0 Å². The van der Waals surface area contributed by atoms with Crippen molar-refractivity contribution in [3.63, 3.8) is 0 Å². The first-order valence-electron chi connectivity index (χ1n) is 9.10. The van der Waals surface area contributed by atoms with Crippen LogP contribution in [0.4, 0.5) is 4.39 Å². The van der Waals surface area contributed by atoms with Gasteiger partial charge in [-0.05, 0) is 43.6 Å². The number of hydrogen-bond acceptors (Lipinski definition) is 3. The first-order valence-corrected chi connectivity index (χ1v) is 9.10. The summed E-state index contributed by atoms with van der Waals surface area (Å²) in [5, 5.41) is 3.15. The Morgan fingerprint density at radius 3 is 2.71 bits per heavy atom. The lowest BCUT2D eigenvalue weighted by atomic mass is 9.65. The lowest BCUT2D eigenvalue weighted by Crippen LogP contribution is -2.49. The van der Waals surface area contributed by atoms with Crippen LogP contribution < -0.4 is 15.8 Å². The van der Waals surface area contributed by atoms with E-state index in [1.807, 2.05) is 6.07 Å². The highest BCUT2D eigenvalue weighted by Crippen LogP contribution is 2.42. The molecule has 1 amide bonds. The van der Waals surface area contributed by atoms with E-state index in [1.165, 1.54) is 12.5 Å². The molecule has 1 aromatic carbocycles. The molecule has 1 aromatic rings. The van der Waals surface area contributed by atoms with E-state index in [9.17, 15) is 9.18 Å². The number of halogens is 1. The summed E-state index contributed by atoms with van der Waals surface area (Å²) in [6, 6.07) is 5.01. The summed E-state index contributed by atoms with van der Waals surface area (Å²) in [4.78, 5) is 12.8. The van der Waals surface area contributed by atoms with Crippen LogP contribution in [0.2, 0.25) is 0 Å². The number of benzene rings is 1. The maximum absolute atomic E-state index is 13.9. The molecule has 0 spiro atoms. The number of carbonyl (C=O) groups excluding carboxylic acids is 1. The quantitative estimate of drug-likeness (QED) is 0.875. The average Bonchev–Trinajstić information content (AvgIpc) is 2.55. The monoisotopic (exact) mass is 332 g/mol. The maximum Gasteiger partial charge on any atom is 0.223 e. The molecule has 1 aliphatic heterocycles. The third-order valence-electron chi connectivity index (χ3n) is 6.13. The van der Waals surface area contributed by atoms with Crippen molar-refractivity contribution in [3.05, 3.63) is 29.6 Å². The number of amides is 1. The van der Waals surface area contributed by atoms with Gasteiger partial charge >= 0.3 is 0 Å². The molecule has 2 unspecified atom stereocenters. The third kappa shape index (κ3) is 2.79. The minimum absolute atomic E-state index is 0.0416. The lowest BCUT2D eigenvalue weighted by molar-refractivity contribution is -0.128. The van der Waals surface area contributed by atoms with Crippen LogP contribution in [0, 0.1) is 23.6 Å². The van der Waals surface area contributed by atoms with Gasteiger partial charge < -0.3 is 15.8 Å². The second-order valence-corrected chi connectivity index (χ2v) is 7.55. The Bertz CT molecular complexity index is 622. The molecule has 2 saturated carbocycles. The second-order valence-electron chi connectivity index (χ2n) is 7.55. The van der Waals surface area contributed by atoms with E-state index in [0.29, 0.717) is 24.9 Å². The van der Waals surface area contributed by atoms with Gasteiger partial charge in [0.25, 0.3) is 0 Å². The first kappa shape index (κ1) is 15.9. The van der Waals surface area contributed by atoms with Crippen LogP contribution in [-0.4, -0.2) is 18.6 Å². The van der Waals surface area contributed by atoms with E-state index in [0.717, 1.165) is 31.2 Å². The Morgan fingerprint density at radius 2 is 1.96 bits per heavy atom. The molecule has 130 valence electrons. The van der Waals surface area contributed by atoms with Gasteiger partial charge in [0, 0.05) is 23.9 Å². The number of para-hydroxylation sites is 1. The molecule has 0 aromatic heterocycles. The van der Waals surface area contributed by atoms with Gasteiger partial charge in [-0.15, -0.1) is 0 Å². The van der Waals surface area contributed by atoms with Crippen molar-refractivity contribution in [1.29, 1.82) is 0 Å². The van der Waals surface area contributed by atoms with E-state index < -0.39 is 0 Å². The van der Waals surface area contributed by atoms with Crippen molar-refractivity contribution in [2.75, 3.05) is 6.61 Å². The molecule has 3 N–H and O–H groups in total. The van der Waals surface area contributed by atoms with Crippen molar-refractivity contribution >= 4 is 5.91 Å². The summed E-state index contributed by atoms with van der Waals surface area (Å²) in [6.45, 7) is 0.430. The van der Waals surface area contributed by atoms with Gasteiger partial charge in [0.05, 0.1) is 12.6 Å². The van der Waals surface area contributed by atoms with Gasteiger partial charge in [0.15, 0.2) is 11.6 Å². The van der Waals surface area contributed by atoms with E-state index in [2.05, 4.69) is 5.32 Å². The van der Waals surface area contributed by atoms with Gasteiger partial charge in [-0.25, -0.2) is 4.39 Å². The predicted octanol–water partition coefficient (Wildman–Crippen LogP) is 2.92. The molecule has 3 atom stereocenters. The number of hydrogen-bond donors (Lipinski definition) is 2. The number of fused-ring (bicyclic) bond motifs is 3. The first-order chi connectivity index (χ1) is 11.6. The Labute approximate surface area is 141 Å². The van der Waals surface area contributed by atoms with Crippen molar-refractivity contribution in [2.45, 2.75) is 50.6 Å². The summed E-state index contributed by atoms with van der Waals surface area (Å²) in [5.74, 6) is 1.03. The van der Waals surface area contributed by atoms with E-state index in [1.54, 1.807) is 6.07 Å². The van der Waals surface area contributed by atoms with Crippen molar-refractivity contribution in [2.24, 2.45) is 23.5 Å². The fourth-order valence-electron chi connectivity index (χ4n) is 4.83. The van der Waals surface area contributed by atoms with Crippen LogP contribution in [0.5, 0.6) is 5.75 Å². The molecule has 2 fully saturated rings. The molecule has 3 aliphatic rings. The van der Waals surface area contributed by atoms with Crippen LogP contribution in [0.15, 0.2) is 18.2 Å². The summed E-state index contributed by atoms with van der Waals surface area (Å²) >= 11 is 0. The molecule has 0 radical (unpaired) electrons. The zero-order valence-electron chi connectivity index (χ0n) is 13.8. The predicted molar refractivity (Wildman–Crippen MR) is 88.9 cm³/mol. The average molecular weight is 332 g/mol. The lowest BCUT2D eigenvalue weighted by Gasteiger charge is -2.43. The summed E-state index contributed by atoms with van der Waals surface area (Å²) < 4.78 is 19.3. The molecular weight excluding hydrogens is 307 g/mol. The summed E-state index contributed by atoms with van der Waals surface area (Å²) in [7, 11) is 0. The molecule has 2 bridgehead atoms. The van der Waals surface area contributed by atoms with Crippen LogP contribution in [0.25, 0.3) is 0 Å². The molecule has 2 aliphatic carbocycles. The minimum atomic E-state index is -0.357. The minimum Gasteiger partial charge on any atom is -0.490 e. The Morgan fingerprint density at radius 1 is 1.21 bits per heavy atom. The Balaban J connectivity index is 1.47. The molecule has 0 saturated heterocycles. The topological polar surface area (TPSA) is 64.4 Å². The number of nitrogens with one attached hydrogen (secondary N) is 1. The maximum atomic E-state index is 13.9. The van der Waals surface area contributed by atoms with Crippen molar-refractivity contribution < 1.29 is 13.9 Å². The fourth-order valence-corrected chi connectivity index (χ4v) is 4.83. The van der Waals surface area contributed by atoms with Crippen molar-refractivity contribution in [1.82, 2.24) is 5.32 Å². The molecule has 1 heterocycles. The van der Waals surface area contributed by atoms with Gasteiger partial charge in [-0.1, -0.05) is 18.6 Å². The van der Waals surface area contributed by atoms with Crippen LogP contribution in [-0.2, 0) is 4.79 Å². The number of carbonyl (C=O) groups is 1. The second kappa shape index (κ2) is 6.36. The van der Waals surface area contributed by atoms with E-state index in [-0.39, 0.29) is 35.5 Å². The summed E-state index contributed by atoms with van der Waals surface area (Å²) in [6.07, 6.45) is 6.00. The molecule has 5 heteroatoms. The standard InChI is InChI=1S/C19H25FN2O2/c20-15-6-2-5-14-16(7-8-24-18(14)15)22-19(23)13-9-11-3-1-4-12(10-13)17(11)21/h2,5-6,11-13,16-17H,1,3-4,7-10,21H2,(H,22,23)/t11?,12?,13?,16-,17?/m1/s1. The van der Waals surface area contributed by atoms with Crippen LogP contribution >= 0.6 is 0 Å². The number of nitrogens with two attached hydrogens (primary N) is 1. The highest BCUT2D eigenvalue weighted by atomic mass is 19.1. The van der Waals surface area contributed by atoms with Gasteiger partial charge in [0.2, 0.25) is 5.91 Å². The highest BCUT2D eigenvalue weighted by molar-refractivity contribution is 5.79. The smallest absolute Gasteiger partial charge is 0.223 e. The molecule has 24 heavy (non-hydrogen) atoms. The van der Waals surface area contributed by atoms with Gasteiger partial charge in [-0.2, -0.15) is 0 Å². The highest BCUT2D eigenvalue weighted by Gasteiger charge is 2.41. The fraction of sp³-hybridized carbons (Fsp3) is 0.632. The SMILES string of the molecule is NC1C2CCCC1CC(C(=O)N[C@@H]1CCOc3c(F)cccc31)C2. The largest absolute Gasteiger partial charge is 0.490 e. The Hall–Kier alpha value is -1.62. The third-order valence-corrected chi connectivity index (χ3v) is 6.13. The van der Waals surface area contributed by atoms with Crippen molar-refractivity contribution in [3.8, 4) is 5.75 Å². The molecule has 4 rings (SSSR count). The van der Waals surface area contributed by atoms with Gasteiger partial charge in [-0.3, -0.25) is 4.79 Å². The normalized spacial score (nSPS) is 34.8. The van der Waals surface area contributed by atoms with Crippen LogP contribution in [0.1, 0.15) is 50.1 Å². The Kier molecular flexibility index (Phi) is 4.21. The zero-order valence-corrected chi connectivity index (χ0v) is 13.8. The van der Waals surface area contributed by atoms with Crippen LogP contribution in [0.3, 0.4) is 0 Å². The molecule has 4 nitrogen and oxygen atoms in total.